The molecular formula is C14H11Cl2N3O2+2. The van der Waals surface area contributed by atoms with E-state index in [2.05, 4.69) is 5.73 Å². The van der Waals surface area contributed by atoms with Crippen LogP contribution in [0.15, 0.2) is 42.5 Å². The van der Waals surface area contributed by atoms with Crippen LogP contribution in [0, 0.1) is 4.91 Å². The predicted molar refractivity (Wildman–Crippen MR) is 80.5 cm³/mol. The van der Waals surface area contributed by atoms with Crippen LogP contribution in [-0.2, 0) is 0 Å². The Labute approximate surface area is 129 Å². The molecule has 0 aliphatic rings. The summed E-state index contributed by atoms with van der Waals surface area (Å²) in [4.78, 5) is 12.3. The Kier molecular flexibility index (Phi) is 3.33. The highest BCUT2D eigenvalue weighted by atomic mass is 35.5. The van der Waals surface area contributed by atoms with Crippen LogP contribution >= 0.6 is 23.2 Å². The van der Waals surface area contributed by atoms with Crippen molar-refractivity contribution >= 4 is 40.1 Å². The SMILES string of the molecule is [NH3+]c1c(-c2ccc(Cl)cc2Cl)n(O)c2ccccc2[n+]1=O. The number of benzene rings is 2. The summed E-state index contributed by atoms with van der Waals surface area (Å²) in [6, 6.07) is 11.5. The molecule has 21 heavy (non-hydrogen) atoms. The van der Waals surface area contributed by atoms with Crippen LogP contribution in [0.2, 0.25) is 10.0 Å². The van der Waals surface area contributed by atoms with Gasteiger partial charge in [-0.3, -0.25) is 5.73 Å². The molecule has 1 heterocycles. The summed E-state index contributed by atoms with van der Waals surface area (Å²) in [6.45, 7) is 0. The molecule has 2 aromatic carbocycles. The van der Waals surface area contributed by atoms with E-state index in [9.17, 15) is 10.1 Å². The van der Waals surface area contributed by atoms with Gasteiger partial charge in [-0.1, -0.05) is 35.3 Å². The minimum atomic E-state index is 0.0976. The van der Waals surface area contributed by atoms with Crippen molar-refractivity contribution in [3.8, 4) is 11.3 Å². The van der Waals surface area contributed by atoms with Crippen molar-refractivity contribution in [2.75, 3.05) is 0 Å². The van der Waals surface area contributed by atoms with Gasteiger partial charge >= 0.3 is 5.82 Å². The van der Waals surface area contributed by atoms with E-state index < -0.39 is 0 Å². The van der Waals surface area contributed by atoms with Gasteiger partial charge in [0.2, 0.25) is 5.69 Å². The third-order valence-corrected chi connectivity index (χ3v) is 3.79. The van der Waals surface area contributed by atoms with Crippen molar-refractivity contribution in [2.45, 2.75) is 0 Å². The maximum absolute atomic E-state index is 12.3. The van der Waals surface area contributed by atoms with Gasteiger partial charge in [0, 0.05) is 21.6 Å². The Bertz CT molecular complexity index is 922. The van der Waals surface area contributed by atoms with Crippen molar-refractivity contribution in [3.63, 3.8) is 0 Å². The third kappa shape index (κ3) is 2.15. The van der Waals surface area contributed by atoms with Gasteiger partial charge in [0.1, 0.15) is 4.43 Å². The highest BCUT2D eigenvalue weighted by Crippen LogP contribution is 2.32. The fourth-order valence-corrected chi connectivity index (χ4v) is 2.75. The van der Waals surface area contributed by atoms with Gasteiger partial charge in [-0.05, 0) is 24.3 Å². The van der Waals surface area contributed by atoms with Gasteiger partial charge in [0.05, 0.1) is 5.02 Å². The Morgan fingerprint density at radius 3 is 2.57 bits per heavy atom. The van der Waals surface area contributed by atoms with Gasteiger partial charge < -0.3 is 5.21 Å². The van der Waals surface area contributed by atoms with Gasteiger partial charge in [-0.2, -0.15) is 4.73 Å². The van der Waals surface area contributed by atoms with E-state index in [-0.39, 0.29) is 11.5 Å². The van der Waals surface area contributed by atoms with Gasteiger partial charge in [0.15, 0.2) is 5.52 Å². The molecule has 0 spiro atoms. The number of halogens is 2. The van der Waals surface area contributed by atoms with Crippen LogP contribution < -0.4 is 10.2 Å². The number of hydrogen-bond acceptors (Lipinski definition) is 2. The molecule has 3 rings (SSSR count). The molecule has 4 N–H and O–H groups in total. The first-order valence-corrected chi connectivity index (χ1v) is 6.83. The fraction of sp³-hybridized carbons (Fsp3) is 0. The molecule has 0 bridgehead atoms. The number of rotatable bonds is 1. The van der Waals surface area contributed by atoms with Crippen LogP contribution in [0.25, 0.3) is 22.3 Å². The molecule has 0 saturated carbocycles. The van der Waals surface area contributed by atoms with Crippen LogP contribution in [0.1, 0.15) is 0 Å². The standard InChI is InChI=1S/C14H10Cl2N3O2/c15-8-5-6-9(10(16)7-8)13-14(17)19(21)12-4-2-1-3-11(12)18(13)20/h1-7,20H,17H2/q+1/p+1. The average Bonchev–Trinajstić information content (AvgIpc) is 2.47. The predicted octanol–water partition coefficient (Wildman–Crippen LogP) is 2.64. The van der Waals surface area contributed by atoms with Crippen molar-refractivity contribution in [2.24, 2.45) is 0 Å². The third-order valence-electron chi connectivity index (χ3n) is 3.25. The summed E-state index contributed by atoms with van der Waals surface area (Å²) < 4.78 is 1.59. The van der Waals surface area contributed by atoms with Crippen LogP contribution in [-0.4, -0.2) is 9.94 Å². The lowest BCUT2D eigenvalue weighted by Crippen LogP contribution is -2.50. The Balaban J connectivity index is 2.46. The number of fused-ring (bicyclic) bond motifs is 1. The summed E-state index contributed by atoms with van der Waals surface area (Å²) in [6.07, 6.45) is 0. The van der Waals surface area contributed by atoms with E-state index in [1.165, 1.54) is 0 Å². The second kappa shape index (κ2) is 5.04. The molecule has 1 aromatic heterocycles. The van der Waals surface area contributed by atoms with E-state index in [1.807, 2.05) is 0 Å². The summed E-state index contributed by atoms with van der Waals surface area (Å²) in [7, 11) is 0. The Hall–Kier alpha value is -2.08. The zero-order valence-electron chi connectivity index (χ0n) is 10.8. The lowest BCUT2D eigenvalue weighted by atomic mass is 10.1. The number of para-hydroxylation sites is 2. The molecule has 0 atom stereocenters. The van der Waals surface area contributed by atoms with E-state index in [0.717, 1.165) is 4.73 Å². The first-order chi connectivity index (χ1) is 10.0. The molecule has 0 aliphatic carbocycles. The lowest BCUT2D eigenvalue weighted by molar-refractivity contribution is -0.535. The molecule has 7 heteroatoms. The first-order valence-electron chi connectivity index (χ1n) is 6.07. The number of nitrogens with zero attached hydrogens (tertiary/aromatic N) is 2. The highest BCUT2D eigenvalue weighted by molar-refractivity contribution is 6.36. The summed E-state index contributed by atoms with van der Waals surface area (Å²) in [5.74, 6) is 0.0976. The van der Waals surface area contributed by atoms with Gasteiger partial charge in [-0.25, -0.2) is 0 Å². The molecule has 0 amide bonds. The number of aromatic nitrogens is 2. The maximum Gasteiger partial charge on any atom is 0.446 e. The minimum absolute atomic E-state index is 0.0976. The van der Waals surface area contributed by atoms with E-state index in [4.69, 9.17) is 23.2 Å². The molecular weight excluding hydrogens is 313 g/mol. The number of quaternary nitrogens is 1. The highest BCUT2D eigenvalue weighted by Gasteiger charge is 2.28. The van der Waals surface area contributed by atoms with E-state index in [1.54, 1.807) is 42.5 Å². The number of hydrogen-bond donors (Lipinski definition) is 2. The first kappa shape index (κ1) is 13.9. The summed E-state index contributed by atoms with van der Waals surface area (Å²) >= 11 is 12.0. The fourth-order valence-electron chi connectivity index (χ4n) is 2.25. The summed E-state index contributed by atoms with van der Waals surface area (Å²) in [5, 5.41) is 11.2. The smallest absolute Gasteiger partial charge is 0.427 e. The molecule has 3 aromatic rings. The second-order valence-electron chi connectivity index (χ2n) is 4.51. The Morgan fingerprint density at radius 2 is 1.86 bits per heavy atom. The zero-order chi connectivity index (χ0) is 15.1. The lowest BCUT2D eigenvalue weighted by Gasteiger charge is -2.08. The van der Waals surface area contributed by atoms with E-state index >= 15 is 0 Å². The van der Waals surface area contributed by atoms with Crippen LogP contribution in [0.5, 0.6) is 0 Å². The minimum Gasteiger partial charge on any atom is -0.427 e. The zero-order valence-corrected chi connectivity index (χ0v) is 12.3. The average molecular weight is 324 g/mol. The van der Waals surface area contributed by atoms with Gasteiger partial charge in [-0.15, -0.1) is 0 Å². The molecule has 0 saturated heterocycles. The Morgan fingerprint density at radius 1 is 1.14 bits per heavy atom. The van der Waals surface area contributed by atoms with Crippen molar-refractivity contribution in [1.82, 2.24) is 4.73 Å². The quantitative estimate of drug-likeness (QED) is 0.533. The molecule has 0 aliphatic heterocycles. The molecule has 5 nitrogen and oxygen atoms in total. The van der Waals surface area contributed by atoms with Crippen LogP contribution in [0.4, 0.5) is 5.82 Å². The largest absolute Gasteiger partial charge is 0.446 e. The molecule has 106 valence electrons. The van der Waals surface area contributed by atoms with Crippen molar-refractivity contribution in [1.29, 1.82) is 0 Å². The maximum atomic E-state index is 12.3. The van der Waals surface area contributed by atoms with Crippen LogP contribution in [0.3, 0.4) is 0 Å². The molecule has 0 fully saturated rings. The topological polar surface area (TPSA) is 75.8 Å². The van der Waals surface area contributed by atoms with Crippen molar-refractivity contribution < 1.29 is 15.4 Å². The molecule has 0 radical (unpaired) electrons. The summed E-state index contributed by atoms with van der Waals surface area (Å²) in [5.41, 5.74) is 5.13. The van der Waals surface area contributed by atoms with E-state index in [0.29, 0.717) is 31.1 Å². The molecule has 0 unspecified atom stereocenters. The monoisotopic (exact) mass is 323 g/mol. The normalized spacial score (nSPS) is 11.0. The van der Waals surface area contributed by atoms with Crippen molar-refractivity contribution in [3.05, 3.63) is 57.4 Å². The van der Waals surface area contributed by atoms with Gasteiger partial charge in [0.25, 0.3) is 5.52 Å². The second-order valence-corrected chi connectivity index (χ2v) is 5.36.